The van der Waals surface area contributed by atoms with E-state index in [2.05, 4.69) is 77.5 Å². The minimum absolute atomic E-state index is 0.122. The summed E-state index contributed by atoms with van der Waals surface area (Å²) in [7, 11) is -0.866. The van der Waals surface area contributed by atoms with Gasteiger partial charge in [0.05, 0.1) is 21.5 Å². The third kappa shape index (κ3) is 7.11. The standard InChI is InChI=1S/C18H32BrNO2P2/c1-13(2)23(14(3)4)10-9-20(19)17(11-21)18(12-22)24(15(5)6)16(7)8/h13-16H,9-10H2,1-8H3. The Morgan fingerprint density at radius 2 is 1.33 bits per heavy atom. The second kappa shape index (κ2) is 11.6. The van der Waals surface area contributed by atoms with Gasteiger partial charge in [-0.1, -0.05) is 71.2 Å². The molecule has 0 bridgehead atoms. The molecule has 6 heteroatoms. The van der Waals surface area contributed by atoms with E-state index in [1.165, 1.54) is 0 Å². The lowest BCUT2D eigenvalue weighted by Gasteiger charge is -2.31. The Labute approximate surface area is 159 Å². The molecule has 0 radical (unpaired) electrons. The molecule has 138 valence electrons. The highest BCUT2D eigenvalue weighted by molar-refractivity contribution is 9.07. The van der Waals surface area contributed by atoms with E-state index in [1.807, 2.05) is 5.94 Å². The zero-order valence-corrected chi connectivity index (χ0v) is 19.6. The van der Waals surface area contributed by atoms with Gasteiger partial charge in [-0.25, -0.2) is 9.59 Å². The van der Waals surface area contributed by atoms with Crippen LogP contribution in [0.1, 0.15) is 55.4 Å². The molecule has 0 aromatic carbocycles. The molecule has 0 saturated carbocycles. The largest absolute Gasteiger partial charge is 0.298 e. The molecule has 0 N–H and O–H groups in total. The average molecular weight is 436 g/mol. The van der Waals surface area contributed by atoms with Gasteiger partial charge in [-0.3, -0.25) is 3.93 Å². The highest BCUT2D eigenvalue weighted by Gasteiger charge is 2.29. The quantitative estimate of drug-likeness (QED) is 0.193. The molecule has 0 aliphatic rings. The predicted octanol–water partition coefficient (Wildman–Crippen LogP) is 5.63. The van der Waals surface area contributed by atoms with Crippen molar-refractivity contribution in [1.82, 2.24) is 3.93 Å². The van der Waals surface area contributed by atoms with Crippen molar-refractivity contribution in [3.05, 3.63) is 11.0 Å². The molecular formula is C18H32BrNO2P2. The zero-order chi connectivity index (χ0) is 19.0. The van der Waals surface area contributed by atoms with E-state index in [4.69, 9.17) is 0 Å². The fourth-order valence-electron chi connectivity index (χ4n) is 2.98. The third-order valence-electron chi connectivity index (χ3n) is 3.91. The van der Waals surface area contributed by atoms with Crippen molar-refractivity contribution in [2.24, 2.45) is 0 Å². The molecule has 0 spiro atoms. The van der Waals surface area contributed by atoms with Crippen LogP contribution in [-0.2, 0) is 9.59 Å². The number of allylic oxidation sites excluding steroid dienone is 1. The number of nitrogens with zero attached hydrogens (tertiary/aromatic N) is 1. The topological polar surface area (TPSA) is 37.4 Å². The van der Waals surface area contributed by atoms with Gasteiger partial charge in [-0.15, -0.1) is 0 Å². The van der Waals surface area contributed by atoms with E-state index in [0.29, 0.717) is 40.2 Å². The molecule has 24 heavy (non-hydrogen) atoms. The highest BCUT2D eigenvalue weighted by Crippen LogP contribution is 2.55. The summed E-state index contributed by atoms with van der Waals surface area (Å²) >= 11 is 3.49. The average Bonchev–Trinajstić information content (AvgIpc) is 2.45. The first-order chi connectivity index (χ1) is 11.1. The van der Waals surface area contributed by atoms with Crippen molar-refractivity contribution in [3.8, 4) is 0 Å². The number of hydrogen-bond acceptors (Lipinski definition) is 3. The molecule has 0 aliphatic heterocycles. The predicted molar refractivity (Wildman–Crippen MR) is 113 cm³/mol. The number of hydrogen-bond donors (Lipinski definition) is 0. The zero-order valence-electron chi connectivity index (χ0n) is 16.3. The summed E-state index contributed by atoms with van der Waals surface area (Å²) in [6.45, 7) is 18.1. The molecule has 0 fully saturated rings. The molecule has 0 aromatic heterocycles. The Kier molecular flexibility index (Phi) is 11.6. The van der Waals surface area contributed by atoms with Crippen molar-refractivity contribution < 1.29 is 9.59 Å². The molecule has 0 aliphatic carbocycles. The highest BCUT2D eigenvalue weighted by atomic mass is 79.9. The first-order valence-corrected chi connectivity index (χ1v) is 12.4. The fraction of sp³-hybridized carbons (Fsp3) is 0.778. The van der Waals surface area contributed by atoms with Crippen LogP contribution in [0.15, 0.2) is 11.0 Å². The van der Waals surface area contributed by atoms with Gasteiger partial charge in [-0.05, 0) is 28.8 Å². The second-order valence-electron chi connectivity index (χ2n) is 7.01. The van der Waals surface area contributed by atoms with Crippen LogP contribution < -0.4 is 0 Å². The summed E-state index contributed by atoms with van der Waals surface area (Å²) in [6, 6.07) is 0. The first kappa shape index (κ1) is 24.0. The normalized spacial score (nSPS) is 11.6. The van der Waals surface area contributed by atoms with Gasteiger partial charge in [0.25, 0.3) is 0 Å². The van der Waals surface area contributed by atoms with Crippen molar-refractivity contribution in [3.63, 3.8) is 0 Å². The van der Waals surface area contributed by atoms with E-state index < -0.39 is 7.92 Å². The second-order valence-corrected chi connectivity index (χ2v) is 14.7. The van der Waals surface area contributed by atoms with Gasteiger partial charge >= 0.3 is 0 Å². The van der Waals surface area contributed by atoms with Crippen LogP contribution >= 0.6 is 32.0 Å². The Balaban J connectivity index is 5.32. The van der Waals surface area contributed by atoms with Crippen molar-refractivity contribution >= 4 is 43.9 Å². The van der Waals surface area contributed by atoms with Crippen LogP contribution in [-0.4, -0.2) is 51.2 Å². The molecule has 0 amide bonds. The van der Waals surface area contributed by atoms with Gasteiger partial charge in [0.2, 0.25) is 0 Å². The first-order valence-electron chi connectivity index (χ1n) is 8.56. The Morgan fingerprint density at radius 3 is 1.62 bits per heavy atom. The Bertz CT molecular complexity index is 477. The minimum atomic E-state index is -0.744. The monoisotopic (exact) mass is 435 g/mol. The van der Waals surface area contributed by atoms with Crippen molar-refractivity contribution in [2.45, 2.75) is 78.0 Å². The molecule has 0 saturated heterocycles. The van der Waals surface area contributed by atoms with Crippen molar-refractivity contribution in [1.29, 1.82) is 0 Å². The Hall–Kier alpha value is 0.0400. The van der Waals surface area contributed by atoms with Crippen molar-refractivity contribution in [2.75, 3.05) is 12.7 Å². The van der Waals surface area contributed by atoms with Crippen LogP contribution in [0.5, 0.6) is 0 Å². The van der Waals surface area contributed by atoms with E-state index in [9.17, 15) is 9.59 Å². The summed E-state index contributed by atoms with van der Waals surface area (Å²) in [5.41, 5.74) is 2.28. The molecule has 3 nitrogen and oxygen atoms in total. The fourth-order valence-corrected chi connectivity index (χ4v) is 9.21. The maximum atomic E-state index is 11.6. The van der Waals surface area contributed by atoms with E-state index >= 15 is 0 Å². The van der Waals surface area contributed by atoms with E-state index in [1.54, 1.807) is 3.93 Å². The van der Waals surface area contributed by atoms with Crippen LogP contribution in [0.2, 0.25) is 0 Å². The number of carbonyl (C=O) groups excluding carboxylic acids is 2. The summed E-state index contributed by atoms with van der Waals surface area (Å²) in [6.07, 6.45) is 1.02. The summed E-state index contributed by atoms with van der Waals surface area (Å²) in [5, 5.41) is 0.500. The van der Waals surface area contributed by atoms with E-state index in [-0.39, 0.29) is 7.92 Å². The Morgan fingerprint density at radius 1 is 0.875 bits per heavy atom. The van der Waals surface area contributed by atoms with Gasteiger partial charge < -0.3 is 0 Å². The number of rotatable bonds is 10. The van der Waals surface area contributed by atoms with Gasteiger partial charge in [0.15, 0.2) is 11.6 Å². The smallest absolute Gasteiger partial charge is 0.152 e. The summed E-state index contributed by atoms with van der Waals surface area (Å²) in [4.78, 5) is 23.2. The molecule has 0 heterocycles. The number of halogens is 1. The third-order valence-corrected chi connectivity index (χ3v) is 11.0. The molecule has 0 atom stereocenters. The van der Waals surface area contributed by atoms with E-state index in [0.717, 1.165) is 6.16 Å². The lowest BCUT2D eigenvalue weighted by Crippen LogP contribution is -2.21. The van der Waals surface area contributed by atoms with Gasteiger partial charge in [0, 0.05) is 6.54 Å². The lowest BCUT2D eigenvalue weighted by atomic mass is 10.4. The lowest BCUT2D eigenvalue weighted by molar-refractivity contribution is 0.553. The van der Waals surface area contributed by atoms with Crippen LogP contribution in [0.25, 0.3) is 0 Å². The van der Waals surface area contributed by atoms with Gasteiger partial charge in [0.1, 0.15) is 5.94 Å². The summed E-state index contributed by atoms with van der Waals surface area (Å²) in [5.74, 6) is 4.05. The molecule has 0 rings (SSSR count). The van der Waals surface area contributed by atoms with Crippen LogP contribution in [0.3, 0.4) is 0 Å². The molecule has 0 unspecified atom stereocenters. The maximum absolute atomic E-state index is 11.6. The molecule has 0 aromatic rings. The molecular weight excluding hydrogens is 404 g/mol. The van der Waals surface area contributed by atoms with Crippen LogP contribution in [0.4, 0.5) is 0 Å². The van der Waals surface area contributed by atoms with Gasteiger partial charge in [-0.2, -0.15) is 0 Å². The van der Waals surface area contributed by atoms with Crippen LogP contribution in [0, 0.1) is 0 Å². The minimum Gasteiger partial charge on any atom is -0.298 e. The summed E-state index contributed by atoms with van der Waals surface area (Å²) < 4.78 is 1.74. The SMILES string of the molecule is CC(C)P(CCN(Br)C(=C=O)C(=C=O)P(C(C)C)C(C)C)C(C)C. The maximum Gasteiger partial charge on any atom is 0.152 e.